The molecule has 0 amide bonds. The van der Waals surface area contributed by atoms with Crippen LogP contribution in [-0.2, 0) is 0 Å². The predicted octanol–water partition coefficient (Wildman–Crippen LogP) is 1.70. The molecule has 2 nitrogen and oxygen atoms in total. The van der Waals surface area contributed by atoms with E-state index in [9.17, 15) is 0 Å². The van der Waals surface area contributed by atoms with Crippen LogP contribution in [0.25, 0.3) is 0 Å². The molecule has 0 unspecified atom stereocenters. The Labute approximate surface area is 75.7 Å². The zero-order chi connectivity index (χ0) is 9.61. The monoisotopic (exact) mass is 171 g/mol. The zero-order valence-electron chi connectivity index (χ0n) is 8.65. The Kier molecular flexibility index (Phi) is 5.18. The molecule has 0 aliphatic carbocycles. The smallest absolute Gasteiger partial charge is 0.0448 e. The van der Waals surface area contributed by atoms with Crippen molar-refractivity contribution in [2.45, 2.75) is 39.7 Å². The van der Waals surface area contributed by atoms with E-state index in [1.807, 2.05) is 0 Å². The van der Waals surface area contributed by atoms with E-state index in [0.29, 0.717) is 0 Å². The molecule has 0 aliphatic heterocycles. The van der Waals surface area contributed by atoms with Gasteiger partial charge in [-0.25, -0.2) is 0 Å². The second kappa shape index (κ2) is 5.33. The van der Waals surface area contributed by atoms with Gasteiger partial charge >= 0.3 is 0 Å². The quantitative estimate of drug-likeness (QED) is 0.617. The van der Waals surface area contributed by atoms with Crippen LogP contribution in [0.3, 0.4) is 0 Å². The van der Waals surface area contributed by atoms with Gasteiger partial charge in [0.15, 0.2) is 0 Å². The Bertz CT molecular complexity index is 146. The number of hydrogen-bond donors (Lipinski definition) is 2. The maximum Gasteiger partial charge on any atom is 0.0448 e. The van der Waals surface area contributed by atoms with Crippen molar-refractivity contribution < 1.29 is 5.11 Å². The average molecular weight is 171 g/mol. The number of hydrogen-bond acceptors (Lipinski definition) is 2. The summed E-state index contributed by atoms with van der Waals surface area (Å²) in [5, 5.41) is 12.1. The first-order valence-electron chi connectivity index (χ1n) is 4.47. The van der Waals surface area contributed by atoms with E-state index in [2.05, 4.69) is 39.1 Å². The zero-order valence-corrected chi connectivity index (χ0v) is 8.65. The molecule has 0 saturated heterocycles. The lowest BCUT2D eigenvalue weighted by atomic mass is 10.0. The minimum atomic E-state index is 0.0424. The average Bonchev–Trinajstić information content (AvgIpc) is 1.85. The third-order valence-corrected chi connectivity index (χ3v) is 1.83. The van der Waals surface area contributed by atoms with Crippen molar-refractivity contribution in [2.75, 3.05) is 13.2 Å². The first-order chi connectivity index (χ1) is 5.48. The van der Waals surface area contributed by atoms with E-state index in [0.717, 1.165) is 13.0 Å². The molecule has 0 saturated carbocycles. The lowest BCUT2D eigenvalue weighted by Gasteiger charge is -2.24. The first kappa shape index (κ1) is 11.7. The molecule has 0 aromatic heterocycles. The van der Waals surface area contributed by atoms with Gasteiger partial charge < -0.3 is 10.4 Å². The lowest BCUT2D eigenvalue weighted by Crippen LogP contribution is -2.40. The summed E-state index contributed by atoms with van der Waals surface area (Å²) in [7, 11) is 0. The maximum atomic E-state index is 8.75. The number of aliphatic hydroxyl groups excluding tert-OH is 1. The second-order valence-electron chi connectivity index (χ2n) is 4.02. The van der Waals surface area contributed by atoms with E-state index in [4.69, 9.17) is 5.11 Å². The van der Waals surface area contributed by atoms with E-state index in [1.54, 1.807) is 0 Å². The summed E-state index contributed by atoms with van der Waals surface area (Å²) in [6.07, 6.45) is 2.95. The summed E-state index contributed by atoms with van der Waals surface area (Å²) in [5.41, 5.74) is 1.36. The third kappa shape index (κ3) is 6.38. The number of rotatable bonds is 5. The third-order valence-electron chi connectivity index (χ3n) is 1.83. The second-order valence-corrected chi connectivity index (χ2v) is 4.02. The molecule has 0 radical (unpaired) electrons. The van der Waals surface area contributed by atoms with Gasteiger partial charge in [-0.2, -0.15) is 0 Å². The fraction of sp³-hybridized carbons (Fsp3) is 0.800. The molecule has 0 aromatic carbocycles. The Morgan fingerprint density at radius 3 is 2.42 bits per heavy atom. The largest absolute Gasteiger partial charge is 0.396 e. The minimum absolute atomic E-state index is 0.0424. The van der Waals surface area contributed by atoms with Gasteiger partial charge in [0.25, 0.3) is 0 Å². The summed E-state index contributed by atoms with van der Waals surface area (Å²) >= 11 is 0. The van der Waals surface area contributed by atoms with Gasteiger partial charge in [-0.3, -0.25) is 0 Å². The molecule has 0 bridgehead atoms. The van der Waals surface area contributed by atoms with Gasteiger partial charge in [0, 0.05) is 18.7 Å². The van der Waals surface area contributed by atoms with Gasteiger partial charge in [-0.15, -0.1) is 0 Å². The highest BCUT2D eigenvalue weighted by atomic mass is 16.3. The molecule has 12 heavy (non-hydrogen) atoms. The van der Waals surface area contributed by atoms with Crippen molar-refractivity contribution in [3.8, 4) is 0 Å². The van der Waals surface area contributed by atoms with Crippen LogP contribution in [0.15, 0.2) is 11.6 Å². The Morgan fingerprint density at radius 1 is 1.42 bits per heavy atom. The Hall–Kier alpha value is -0.340. The van der Waals surface area contributed by atoms with Crippen LogP contribution in [0, 0.1) is 0 Å². The molecular formula is C10H21NO. The maximum absolute atomic E-state index is 8.75. The molecule has 2 heteroatoms. The van der Waals surface area contributed by atoms with E-state index < -0.39 is 0 Å². The van der Waals surface area contributed by atoms with Crippen molar-refractivity contribution in [3.63, 3.8) is 0 Å². The van der Waals surface area contributed by atoms with Crippen molar-refractivity contribution >= 4 is 0 Å². The summed E-state index contributed by atoms with van der Waals surface area (Å²) in [6, 6.07) is 0. The summed E-state index contributed by atoms with van der Waals surface area (Å²) < 4.78 is 0. The van der Waals surface area contributed by atoms with Crippen LogP contribution in [-0.4, -0.2) is 23.8 Å². The summed E-state index contributed by atoms with van der Waals surface area (Å²) in [4.78, 5) is 0. The van der Waals surface area contributed by atoms with E-state index in [1.165, 1.54) is 5.57 Å². The predicted molar refractivity (Wildman–Crippen MR) is 53.2 cm³/mol. The molecule has 0 heterocycles. The molecule has 0 fully saturated rings. The summed E-state index contributed by atoms with van der Waals surface area (Å²) in [6.45, 7) is 9.50. The fourth-order valence-electron chi connectivity index (χ4n) is 0.899. The topological polar surface area (TPSA) is 32.3 Å². The number of nitrogens with one attached hydrogen (secondary N) is 1. The highest BCUT2D eigenvalue weighted by Crippen LogP contribution is 2.06. The van der Waals surface area contributed by atoms with Gasteiger partial charge in [-0.1, -0.05) is 11.6 Å². The van der Waals surface area contributed by atoms with Crippen LogP contribution < -0.4 is 5.32 Å². The molecular weight excluding hydrogens is 150 g/mol. The number of aliphatic hydroxyl groups is 1. The Morgan fingerprint density at radius 2 is 2.00 bits per heavy atom. The molecule has 0 rings (SSSR count). The number of allylic oxidation sites excluding steroid dienone is 1. The van der Waals surface area contributed by atoms with Crippen LogP contribution in [0.2, 0.25) is 0 Å². The van der Waals surface area contributed by atoms with Gasteiger partial charge in [0.2, 0.25) is 0 Å². The Balaban J connectivity index is 3.68. The van der Waals surface area contributed by atoms with Crippen LogP contribution in [0.1, 0.15) is 34.1 Å². The molecule has 0 spiro atoms. The highest BCUT2D eigenvalue weighted by Gasteiger charge is 2.14. The minimum Gasteiger partial charge on any atom is -0.396 e. The molecule has 0 aromatic rings. The van der Waals surface area contributed by atoms with Crippen molar-refractivity contribution in [2.24, 2.45) is 0 Å². The van der Waals surface area contributed by atoms with Gasteiger partial charge in [0.05, 0.1) is 0 Å². The first-order valence-corrected chi connectivity index (χ1v) is 4.47. The van der Waals surface area contributed by atoms with Crippen molar-refractivity contribution in [1.82, 2.24) is 5.32 Å². The molecule has 2 N–H and O–H groups in total. The van der Waals surface area contributed by atoms with Crippen molar-refractivity contribution in [1.29, 1.82) is 0 Å². The van der Waals surface area contributed by atoms with Crippen LogP contribution in [0.4, 0.5) is 0 Å². The molecule has 0 atom stereocenters. The van der Waals surface area contributed by atoms with Crippen LogP contribution in [0.5, 0.6) is 0 Å². The van der Waals surface area contributed by atoms with Crippen molar-refractivity contribution in [3.05, 3.63) is 11.6 Å². The highest BCUT2D eigenvalue weighted by molar-refractivity contribution is 4.95. The summed E-state index contributed by atoms with van der Waals surface area (Å²) in [5.74, 6) is 0. The van der Waals surface area contributed by atoms with Crippen LogP contribution >= 0.6 is 0 Å². The van der Waals surface area contributed by atoms with Gasteiger partial charge in [-0.05, 0) is 34.1 Å². The fourth-order valence-corrected chi connectivity index (χ4v) is 0.899. The van der Waals surface area contributed by atoms with E-state index >= 15 is 0 Å². The molecule has 0 aliphatic rings. The van der Waals surface area contributed by atoms with E-state index in [-0.39, 0.29) is 12.1 Å². The SMILES string of the molecule is CC(C)=CCNC(C)(C)CCO. The lowest BCUT2D eigenvalue weighted by molar-refractivity contribution is 0.234. The standard InChI is InChI=1S/C10H21NO/c1-9(2)5-7-11-10(3,4)6-8-12/h5,11-12H,6-8H2,1-4H3. The van der Waals surface area contributed by atoms with Gasteiger partial charge in [0.1, 0.15) is 0 Å². The molecule has 72 valence electrons. The normalized spacial score (nSPS) is 11.4.